The first kappa shape index (κ1) is 16.3. The fourth-order valence-corrected chi connectivity index (χ4v) is 4.04. The number of para-hydroxylation sites is 1. The van der Waals surface area contributed by atoms with Crippen LogP contribution < -0.4 is 11.1 Å². The smallest absolute Gasteiger partial charge is 0.243 e. The number of hydrogen-bond acceptors (Lipinski definition) is 2. The number of carbonyl (C=O) groups excluding carboxylic acids is 1. The molecule has 1 aromatic carbocycles. The molecule has 3 N–H and O–H groups in total. The van der Waals surface area contributed by atoms with Gasteiger partial charge in [-0.15, -0.1) is 0 Å². The summed E-state index contributed by atoms with van der Waals surface area (Å²) in [7, 11) is 0. The van der Waals surface area contributed by atoms with Crippen LogP contribution in [0.25, 0.3) is 0 Å². The van der Waals surface area contributed by atoms with Gasteiger partial charge in [-0.1, -0.05) is 45.7 Å². The van der Waals surface area contributed by atoms with Gasteiger partial charge in [-0.25, -0.2) is 0 Å². The maximum absolute atomic E-state index is 12.4. The first-order chi connectivity index (χ1) is 9.77. The Morgan fingerprint density at radius 1 is 1.33 bits per heavy atom. The van der Waals surface area contributed by atoms with E-state index in [1.54, 1.807) is 0 Å². The van der Waals surface area contributed by atoms with Crippen molar-refractivity contribution in [2.45, 2.75) is 52.0 Å². The zero-order valence-corrected chi connectivity index (χ0v) is 14.7. The van der Waals surface area contributed by atoms with Gasteiger partial charge in [0.05, 0.1) is 0 Å². The number of nitrogens with one attached hydrogen (secondary N) is 1. The second-order valence-corrected chi connectivity index (χ2v) is 7.96. The van der Waals surface area contributed by atoms with Gasteiger partial charge in [-0.05, 0) is 52.2 Å². The van der Waals surface area contributed by atoms with E-state index in [0.717, 1.165) is 35.8 Å². The number of carbonyl (C=O) groups is 1. The van der Waals surface area contributed by atoms with Crippen LogP contribution in [0.4, 0.5) is 5.69 Å². The Morgan fingerprint density at radius 2 is 2.00 bits per heavy atom. The highest BCUT2D eigenvalue weighted by Crippen LogP contribution is 2.46. The molecular formula is C17H25BrN2O. The largest absolute Gasteiger partial charge is 0.370 e. The van der Waals surface area contributed by atoms with Gasteiger partial charge in [-0.3, -0.25) is 4.79 Å². The quantitative estimate of drug-likeness (QED) is 0.850. The number of rotatable bonds is 3. The van der Waals surface area contributed by atoms with Gasteiger partial charge in [-0.2, -0.15) is 0 Å². The van der Waals surface area contributed by atoms with Crippen molar-refractivity contribution in [1.29, 1.82) is 0 Å². The van der Waals surface area contributed by atoms with Crippen molar-refractivity contribution in [2.75, 3.05) is 5.32 Å². The summed E-state index contributed by atoms with van der Waals surface area (Å²) >= 11 is 3.55. The molecule has 3 nitrogen and oxygen atoms in total. The van der Waals surface area contributed by atoms with Crippen molar-refractivity contribution in [1.82, 2.24) is 0 Å². The topological polar surface area (TPSA) is 55.1 Å². The predicted molar refractivity (Wildman–Crippen MR) is 91.1 cm³/mol. The minimum atomic E-state index is -0.666. The number of primary amides is 1. The lowest BCUT2D eigenvalue weighted by Gasteiger charge is -2.49. The Balaban J connectivity index is 2.44. The minimum Gasteiger partial charge on any atom is -0.370 e. The minimum absolute atomic E-state index is 0.0315. The molecule has 0 spiro atoms. The summed E-state index contributed by atoms with van der Waals surface area (Å²) in [6.07, 6.45) is 4.02. The molecule has 0 heterocycles. The average Bonchev–Trinajstić information content (AvgIpc) is 2.40. The Bertz CT molecular complexity index is 524. The molecule has 4 heteroatoms. The van der Waals surface area contributed by atoms with Gasteiger partial charge in [0.15, 0.2) is 0 Å². The second-order valence-electron chi connectivity index (χ2n) is 7.10. The van der Waals surface area contributed by atoms with Crippen LogP contribution >= 0.6 is 15.9 Å². The van der Waals surface area contributed by atoms with Crippen LogP contribution in [-0.2, 0) is 4.79 Å². The average molecular weight is 353 g/mol. The third-order valence-corrected chi connectivity index (χ3v) is 5.32. The van der Waals surface area contributed by atoms with Crippen molar-refractivity contribution in [3.63, 3.8) is 0 Å². The SMILES string of the molecule is CC(C)(C)C1CCCCC1(Nc1ccccc1Br)C(N)=O. The third kappa shape index (κ3) is 3.25. The lowest BCUT2D eigenvalue weighted by molar-refractivity contribution is -0.127. The second kappa shape index (κ2) is 5.99. The van der Waals surface area contributed by atoms with Gasteiger partial charge >= 0.3 is 0 Å². The lowest BCUT2D eigenvalue weighted by atomic mass is 9.61. The Hall–Kier alpha value is -1.03. The van der Waals surface area contributed by atoms with Crippen molar-refractivity contribution >= 4 is 27.5 Å². The summed E-state index contributed by atoms with van der Waals surface area (Å²) in [6.45, 7) is 6.59. The summed E-state index contributed by atoms with van der Waals surface area (Å²) in [5.41, 5.74) is 6.17. The van der Waals surface area contributed by atoms with Crippen LogP contribution in [0.3, 0.4) is 0 Å². The molecule has 1 aliphatic rings. The molecule has 116 valence electrons. The van der Waals surface area contributed by atoms with Crippen LogP contribution in [0.5, 0.6) is 0 Å². The lowest BCUT2D eigenvalue weighted by Crippen LogP contribution is -2.60. The van der Waals surface area contributed by atoms with Crippen molar-refractivity contribution in [3.8, 4) is 0 Å². The highest BCUT2D eigenvalue weighted by atomic mass is 79.9. The molecular weight excluding hydrogens is 328 g/mol. The van der Waals surface area contributed by atoms with E-state index in [2.05, 4.69) is 42.0 Å². The van der Waals surface area contributed by atoms with E-state index in [1.807, 2.05) is 24.3 Å². The molecule has 1 amide bonds. The summed E-state index contributed by atoms with van der Waals surface area (Å²) in [6, 6.07) is 7.90. The van der Waals surface area contributed by atoms with E-state index in [1.165, 1.54) is 0 Å². The third-order valence-electron chi connectivity index (χ3n) is 4.63. The molecule has 0 radical (unpaired) electrons. The monoisotopic (exact) mass is 352 g/mol. The maximum atomic E-state index is 12.4. The predicted octanol–water partition coefficient (Wildman–Crippen LogP) is 4.32. The number of amides is 1. The van der Waals surface area contributed by atoms with Crippen molar-refractivity contribution in [2.24, 2.45) is 17.1 Å². The van der Waals surface area contributed by atoms with Gasteiger partial charge in [0, 0.05) is 10.2 Å². The van der Waals surface area contributed by atoms with E-state index in [-0.39, 0.29) is 17.2 Å². The fraction of sp³-hybridized carbons (Fsp3) is 0.588. The van der Waals surface area contributed by atoms with Gasteiger partial charge in [0.25, 0.3) is 0 Å². The van der Waals surface area contributed by atoms with Crippen molar-refractivity contribution in [3.05, 3.63) is 28.7 Å². The summed E-state index contributed by atoms with van der Waals surface area (Å²) in [5.74, 6) is -0.0127. The molecule has 1 saturated carbocycles. The zero-order chi connectivity index (χ0) is 15.7. The molecule has 1 aromatic rings. The highest BCUT2D eigenvalue weighted by Gasteiger charge is 2.50. The van der Waals surface area contributed by atoms with E-state index < -0.39 is 5.54 Å². The molecule has 1 aliphatic carbocycles. The normalized spacial score (nSPS) is 26.4. The number of anilines is 1. The molecule has 21 heavy (non-hydrogen) atoms. The van der Waals surface area contributed by atoms with Crippen LogP contribution in [0.2, 0.25) is 0 Å². The zero-order valence-electron chi connectivity index (χ0n) is 13.1. The van der Waals surface area contributed by atoms with Gasteiger partial charge in [0.1, 0.15) is 5.54 Å². The van der Waals surface area contributed by atoms with Crippen LogP contribution in [0, 0.1) is 11.3 Å². The molecule has 1 fully saturated rings. The van der Waals surface area contributed by atoms with E-state index in [0.29, 0.717) is 0 Å². The van der Waals surface area contributed by atoms with Crippen LogP contribution in [0.15, 0.2) is 28.7 Å². The Morgan fingerprint density at radius 3 is 2.57 bits per heavy atom. The summed E-state index contributed by atoms with van der Waals surface area (Å²) < 4.78 is 0.962. The van der Waals surface area contributed by atoms with Crippen molar-refractivity contribution < 1.29 is 4.79 Å². The highest BCUT2D eigenvalue weighted by molar-refractivity contribution is 9.10. The molecule has 2 rings (SSSR count). The standard InChI is InChI=1S/C17H25BrN2O/c1-16(2,3)14-10-6-7-11-17(14,15(19)21)20-13-9-5-4-8-12(13)18/h4-5,8-9,14,20H,6-7,10-11H2,1-3H3,(H2,19,21). The summed E-state index contributed by atoms with van der Waals surface area (Å²) in [5, 5.41) is 3.50. The number of halogens is 1. The van der Waals surface area contributed by atoms with Crippen LogP contribution in [-0.4, -0.2) is 11.4 Å². The molecule has 0 bridgehead atoms. The molecule has 2 unspecified atom stereocenters. The van der Waals surface area contributed by atoms with Crippen LogP contribution in [0.1, 0.15) is 46.5 Å². The number of nitrogens with two attached hydrogens (primary N) is 1. The Labute approximate surface area is 135 Å². The molecule has 0 aliphatic heterocycles. The Kier molecular flexibility index (Phi) is 4.66. The first-order valence-corrected chi connectivity index (χ1v) is 8.39. The number of hydrogen-bond donors (Lipinski definition) is 2. The fourth-order valence-electron chi connectivity index (χ4n) is 3.65. The van der Waals surface area contributed by atoms with E-state index in [9.17, 15) is 4.79 Å². The van der Waals surface area contributed by atoms with Gasteiger partial charge < -0.3 is 11.1 Å². The van der Waals surface area contributed by atoms with E-state index >= 15 is 0 Å². The summed E-state index contributed by atoms with van der Waals surface area (Å²) in [4.78, 5) is 12.4. The van der Waals surface area contributed by atoms with E-state index in [4.69, 9.17) is 5.73 Å². The van der Waals surface area contributed by atoms with Gasteiger partial charge in [0.2, 0.25) is 5.91 Å². The number of benzene rings is 1. The molecule has 2 atom stereocenters. The maximum Gasteiger partial charge on any atom is 0.243 e. The molecule has 0 saturated heterocycles. The molecule has 0 aromatic heterocycles. The first-order valence-electron chi connectivity index (χ1n) is 7.60.